The minimum absolute atomic E-state index is 0. The molecular formula is C14H22Cl2N2O. The van der Waals surface area contributed by atoms with Crippen molar-refractivity contribution in [1.82, 2.24) is 5.32 Å². The summed E-state index contributed by atoms with van der Waals surface area (Å²) >= 11 is 5.85. The molecule has 3 N–H and O–H groups in total. The zero-order valence-electron chi connectivity index (χ0n) is 11.5. The standard InChI is InChI=1S/C14H21ClN2O.ClH/c1-4-13(11-5-7-12(15)8-6-11)17-14(18)9(2)10(3)16;/h5-10,13H,4,16H2,1-3H3,(H,17,18);1H. The number of hydrogen-bond donors (Lipinski definition) is 2. The van der Waals surface area contributed by atoms with Gasteiger partial charge in [0.15, 0.2) is 0 Å². The Labute approximate surface area is 126 Å². The Hall–Kier alpha value is -0.770. The zero-order chi connectivity index (χ0) is 13.7. The summed E-state index contributed by atoms with van der Waals surface area (Å²) in [6, 6.07) is 7.41. The largest absolute Gasteiger partial charge is 0.349 e. The van der Waals surface area contributed by atoms with Crippen LogP contribution in [-0.4, -0.2) is 11.9 Å². The summed E-state index contributed by atoms with van der Waals surface area (Å²) < 4.78 is 0. The third kappa shape index (κ3) is 5.39. The molecule has 1 amide bonds. The van der Waals surface area contributed by atoms with E-state index in [0.29, 0.717) is 5.02 Å². The van der Waals surface area contributed by atoms with E-state index in [4.69, 9.17) is 17.3 Å². The van der Waals surface area contributed by atoms with Gasteiger partial charge in [0.2, 0.25) is 5.91 Å². The maximum Gasteiger partial charge on any atom is 0.224 e. The van der Waals surface area contributed by atoms with E-state index in [0.717, 1.165) is 12.0 Å². The molecule has 0 bridgehead atoms. The van der Waals surface area contributed by atoms with Crippen molar-refractivity contribution in [3.63, 3.8) is 0 Å². The lowest BCUT2D eigenvalue weighted by Crippen LogP contribution is -2.40. The van der Waals surface area contributed by atoms with Gasteiger partial charge in [-0.05, 0) is 31.0 Å². The molecule has 0 radical (unpaired) electrons. The first kappa shape index (κ1) is 18.2. The first-order chi connectivity index (χ1) is 8.45. The van der Waals surface area contributed by atoms with Gasteiger partial charge in [0.25, 0.3) is 0 Å². The van der Waals surface area contributed by atoms with Crippen molar-refractivity contribution >= 4 is 29.9 Å². The number of carbonyl (C=O) groups excluding carboxylic acids is 1. The van der Waals surface area contributed by atoms with E-state index in [2.05, 4.69) is 5.32 Å². The molecule has 0 saturated heterocycles. The highest BCUT2D eigenvalue weighted by Crippen LogP contribution is 2.19. The molecular weight excluding hydrogens is 283 g/mol. The molecule has 108 valence electrons. The highest BCUT2D eigenvalue weighted by atomic mass is 35.5. The second-order valence-corrected chi connectivity index (χ2v) is 5.11. The third-order valence-electron chi connectivity index (χ3n) is 3.20. The van der Waals surface area contributed by atoms with E-state index in [9.17, 15) is 4.79 Å². The molecule has 3 atom stereocenters. The van der Waals surface area contributed by atoms with Gasteiger partial charge in [-0.3, -0.25) is 4.79 Å². The molecule has 0 aromatic heterocycles. The molecule has 0 aliphatic carbocycles. The van der Waals surface area contributed by atoms with Crippen molar-refractivity contribution in [3.8, 4) is 0 Å². The van der Waals surface area contributed by atoms with Crippen LogP contribution < -0.4 is 11.1 Å². The normalized spacial score (nSPS) is 15.0. The topological polar surface area (TPSA) is 55.1 Å². The average molecular weight is 305 g/mol. The van der Waals surface area contributed by atoms with Crippen LogP contribution in [0, 0.1) is 5.92 Å². The van der Waals surface area contributed by atoms with Gasteiger partial charge in [-0.2, -0.15) is 0 Å². The summed E-state index contributed by atoms with van der Waals surface area (Å²) in [5.74, 6) is -0.196. The van der Waals surface area contributed by atoms with Crippen LogP contribution in [0.5, 0.6) is 0 Å². The van der Waals surface area contributed by atoms with Crippen LogP contribution in [0.4, 0.5) is 0 Å². The Balaban J connectivity index is 0.00000324. The Morgan fingerprint density at radius 2 is 1.84 bits per heavy atom. The summed E-state index contributed by atoms with van der Waals surface area (Å²) in [6.07, 6.45) is 0.832. The van der Waals surface area contributed by atoms with Crippen molar-refractivity contribution in [1.29, 1.82) is 0 Å². The van der Waals surface area contributed by atoms with Crippen molar-refractivity contribution in [2.75, 3.05) is 0 Å². The molecule has 0 saturated carbocycles. The van der Waals surface area contributed by atoms with Crippen LogP contribution in [0.2, 0.25) is 5.02 Å². The first-order valence-electron chi connectivity index (χ1n) is 6.27. The van der Waals surface area contributed by atoms with Crippen molar-refractivity contribution in [2.24, 2.45) is 11.7 Å². The Morgan fingerprint density at radius 1 is 1.32 bits per heavy atom. The fourth-order valence-corrected chi connectivity index (χ4v) is 1.78. The lowest BCUT2D eigenvalue weighted by atomic mass is 10.0. The highest BCUT2D eigenvalue weighted by molar-refractivity contribution is 6.30. The van der Waals surface area contributed by atoms with Gasteiger partial charge < -0.3 is 11.1 Å². The number of nitrogens with two attached hydrogens (primary N) is 1. The van der Waals surface area contributed by atoms with Crippen LogP contribution in [0.25, 0.3) is 0 Å². The molecule has 1 aromatic carbocycles. The maximum absolute atomic E-state index is 12.0. The molecule has 0 aliphatic rings. The molecule has 1 aromatic rings. The molecule has 0 heterocycles. The van der Waals surface area contributed by atoms with Gasteiger partial charge in [-0.25, -0.2) is 0 Å². The highest BCUT2D eigenvalue weighted by Gasteiger charge is 2.20. The van der Waals surface area contributed by atoms with Crippen LogP contribution in [0.3, 0.4) is 0 Å². The van der Waals surface area contributed by atoms with Crippen molar-refractivity contribution in [2.45, 2.75) is 39.3 Å². The molecule has 3 nitrogen and oxygen atoms in total. The Bertz CT molecular complexity index is 393. The number of halogens is 2. The molecule has 5 heteroatoms. The summed E-state index contributed by atoms with van der Waals surface area (Å²) in [5.41, 5.74) is 6.80. The van der Waals surface area contributed by atoms with Gasteiger partial charge in [0, 0.05) is 17.0 Å². The van der Waals surface area contributed by atoms with Crippen LogP contribution in [0.1, 0.15) is 38.8 Å². The first-order valence-corrected chi connectivity index (χ1v) is 6.65. The van der Waals surface area contributed by atoms with E-state index >= 15 is 0 Å². The summed E-state index contributed by atoms with van der Waals surface area (Å²) in [5, 5.41) is 3.72. The average Bonchev–Trinajstić information content (AvgIpc) is 2.35. The zero-order valence-corrected chi connectivity index (χ0v) is 13.1. The Kier molecular flexibility index (Phi) is 8.07. The van der Waals surface area contributed by atoms with Gasteiger partial charge >= 0.3 is 0 Å². The summed E-state index contributed by atoms with van der Waals surface area (Å²) in [6.45, 7) is 5.72. The van der Waals surface area contributed by atoms with E-state index in [1.807, 2.05) is 45.0 Å². The lowest BCUT2D eigenvalue weighted by Gasteiger charge is -2.22. The van der Waals surface area contributed by atoms with E-state index in [-0.39, 0.29) is 36.3 Å². The molecule has 0 fully saturated rings. The molecule has 0 aliphatic heterocycles. The molecule has 1 rings (SSSR count). The summed E-state index contributed by atoms with van der Waals surface area (Å²) in [4.78, 5) is 12.0. The van der Waals surface area contributed by atoms with Crippen molar-refractivity contribution in [3.05, 3.63) is 34.9 Å². The van der Waals surface area contributed by atoms with Gasteiger partial charge in [0.05, 0.1) is 6.04 Å². The predicted molar refractivity (Wildman–Crippen MR) is 82.7 cm³/mol. The molecule has 0 spiro atoms. The van der Waals surface area contributed by atoms with Gasteiger partial charge in [0.1, 0.15) is 0 Å². The number of benzene rings is 1. The van der Waals surface area contributed by atoms with Crippen LogP contribution >= 0.6 is 24.0 Å². The minimum Gasteiger partial charge on any atom is -0.349 e. The Morgan fingerprint density at radius 3 is 2.26 bits per heavy atom. The SMILES string of the molecule is CCC(NC(=O)C(C)C(C)N)c1ccc(Cl)cc1.Cl. The predicted octanol–water partition coefficient (Wildman–Crippen LogP) is 3.31. The maximum atomic E-state index is 12.0. The quantitative estimate of drug-likeness (QED) is 0.877. The summed E-state index contributed by atoms with van der Waals surface area (Å²) in [7, 11) is 0. The molecule has 19 heavy (non-hydrogen) atoms. The fraction of sp³-hybridized carbons (Fsp3) is 0.500. The number of hydrogen-bond acceptors (Lipinski definition) is 2. The fourth-order valence-electron chi connectivity index (χ4n) is 1.66. The van der Waals surface area contributed by atoms with E-state index < -0.39 is 0 Å². The monoisotopic (exact) mass is 304 g/mol. The number of amides is 1. The minimum atomic E-state index is -0.189. The number of carbonyl (C=O) groups is 1. The number of nitrogens with one attached hydrogen (secondary N) is 1. The second kappa shape index (κ2) is 8.41. The smallest absolute Gasteiger partial charge is 0.224 e. The van der Waals surface area contributed by atoms with E-state index in [1.165, 1.54) is 0 Å². The third-order valence-corrected chi connectivity index (χ3v) is 3.45. The van der Waals surface area contributed by atoms with E-state index in [1.54, 1.807) is 0 Å². The number of rotatable bonds is 5. The second-order valence-electron chi connectivity index (χ2n) is 4.67. The van der Waals surface area contributed by atoms with Gasteiger partial charge in [-0.15, -0.1) is 12.4 Å². The van der Waals surface area contributed by atoms with Crippen LogP contribution in [-0.2, 0) is 4.79 Å². The van der Waals surface area contributed by atoms with Crippen LogP contribution in [0.15, 0.2) is 24.3 Å². The van der Waals surface area contributed by atoms with Crippen molar-refractivity contribution < 1.29 is 4.79 Å². The molecule has 3 unspecified atom stereocenters. The lowest BCUT2D eigenvalue weighted by molar-refractivity contribution is -0.125. The van der Waals surface area contributed by atoms with Gasteiger partial charge in [-0.1, -0.05) is 37.6 Å².